The Hall–Kier alpha value is -3.36. The van der Waals surface area contributed by atoms with E-state index in [2.05, 4.69) is 15.3 Å². The molecule has 0 fully saturated rings. The molecule has 1 aliphatic rings. The highest BCUT2D eigenvalue weighted by atomic mass is 16.6. The molecule has 2 aromatic rings. The van der Waals surface area contributed by atoms with Gasteiger partial charge in [-0.15, -0.1) is 0 Å². The van der Waals surface area contributed by atoms with Crippen LogP contribution in [-0.4, -0.2) is 65.3 Å². The molecule has 0 unspecified atom stereocenters. The van der Waals surface area contributed by atoms with Crippen LogP contribution in [-0.2, 0) is 11.2 Å². The van der Waals surface area contributed by atoms with Gasteiger partial charge in [0.2, 0.25) is 5.95 Å². The number of nitrogens with zero attached hydrogens (tertiary/aromatic N) is 4. The molecule has 3 rings (SSSR count). The molecule has 0 saturated carbocycles. The van der Waals surface area contributed by atoms with Crippen LogP contribution >= 0.6 is 0 Å². The maximum atomic E-state index is 13.6. The van der Waals surface area contributed by atoms with Gasteiger partial charge in [0.05, 0.1) is 6.61 Å². The molecule has 1 aliphatic heterocycles. The Labute approximate surface area is 195 Å². The van der Waals surface area contributed by atoms with Crippen LogP contribution in [0.15, 0.2) is 30.5 Å². The summed E-state index contributed by atoms with van der Waals surface area (Å²) < 4.78 is 11.0. The molecule has 33 heavy (non-hydrogen) atoms. The minimum atomic E-state index is -0.600. The van der Waals surface area contributed by atoms with E-state index in [1.165, 1.54) is 4.90 Å². The Kier molecular flexibility index (Phi) is 7.40. The van der Waals surface area contributed by atoms with Gasteiger partial charge in [-0.1, -0.05) is 0 Å². The number of aromatic nitrogens is 2. The van der Waals surface area contributed by atoms with Crippen molar-refractivity contribution in [2.24, 2.45) is 0 Å². The van der Waals surface area contributed by atoms with Crippen molar-refractivity contribution in [3.63, 3.8) is 0 Å². The highest BCUT2D eigenvalue weighted by Gasteiger charge is 2.25. The normalized spacial score (nSPS) is 12.7. The van der Waals surface area contributed by atoms with Crippen molar-refractivity contribution in [1.29, 1.82) is 0 Å². The first-order valence-electron chi connectivity index (χ1n) is 11.1. The maximum absolute atomic E-state index is 13.6. The van der Waals surface area contributed by atoms with E-state index >= 15 is 0 Å². The van der Waals surface area contributed by atoms with Crippen LogP contribution in [0.5, 0.6) is 5.75 Å². The molecular weight excluding hydrogens is 422 g/mol. The monoisotopic (exact) mass is 455 g/mol. The second kappa shape index (κ2) is 10.1. The summed E-state index contributed by atoms with van der Waals surface area (Å²) in [6.07, 6.45) is 1.93. The van der Waals surface area contributed by atoms with E-state index in [9.17, 15) is 9.59 Å². The second-order valence-corrected chi connectivity index (χ2v) is 9.32. The smallest absolute Gasteiger partial charge is 0.410 e. The fourth-order valence-electron chi connectivity index (χ4n) is 3.30. The summed E-state index contributed by atoms with van der Waals surface area (Å²) in [5.74, 6) is 1.49. The molecule has 2 heterocycles. The predicted octanol–water partition coefficient (Wildman–Crippen LogP) is 3.75. The third kappa shape index (κ3) is 6.57. The van der Waals surface area contributed by atoms with Crippen molar-refractivity contribution in [2.45, 2.75) is 52.7 Å². The van der Waals surface area contributed by atoms with Crippen molar-refractivity contribution in [1.82, 2.24) is 14.9 Å². The number of amides is 2. The minimum Gasteiger partial charge on any atom is -0.493 e. The first-order chi connectivity index (χ1) is 15.5. The Morgan fingerprint density at radius 2 is 1.97 bits per heavy atom. The van der Waals surface area contributed by atoms with E-state index in [-0.39, 0.29) is 25.0 Å². The summed E-state index contributed by atoms with van der Waals surface area (Å²) in [7, 11) is 1.65. The molecule has 0 spiro atoms. The number of carbonyl (C=O) groups is 2. The largest absolute Gasteiger partial charge is 0.493 e. The summed E-state index contributed by atoms with van der Waals surface area (Å²) in [6.45, 7) is 10.5. The van der Waals surface area contributed by atoms with Gasteiger partial charge < -0.3 is 19.7 Å². The van der Waals surface area contributed by atoms with Crippen molar-refractivity contribution in [3.8, 4) is 5.75 Å². The topological polar surface area (TPSA) is 96.9 Å². The van der Waals surface area contributed by atoms with E-state index in [4.69, 9.17) is 9.47 Å². The molecule has 9 heteroatoms. The van der Waals surface area contributed by atoms with Gasteiger partial charge in [-0.2, -0.15) is 4.98 Å². The lowest BCUT2D eigenvalue weighted by Gasteiger charge is -2.27. The number of anilines is 2. The van der Waals surface area contributed by atoms with Crippen LogP contribution in [0.2, 0.25) is 0 Å². The molecule has 178 valence electrons. The SMILES string of the molecule is CC(C)Nc1nccc(N(CCN(C)C(=O)OC(C)(C)C)C(=O)c2ccc3c(c2)CCO3)n1. The fourth-order valence-corrected chi connectivity index (χ4v) is 3.30. The van der Waals surface area contributed by atoms with Crippen LogP contribution in [0.1, 0.15) is 50.5 Å². The van der Waals surface area contributed by atoms with Crippen LogP contribution in [0.25, 0.3) is 0 Å². The average molecular weight is 456 g/mol. The lowest BCUT2D eigenvalue weighted by atomic mass is 10.1. The average Bonchev–Trinajstić information content (AvgIpc) is 3.20. The zero-order valence-corrected chi connectivity index (χ0v) is 20.2. The van der Waals surface area contributed by atoms with Crippen LogP contribution in [0.3, 0.4) is 0 Å². The van der Waals surface area contributed by atoms with Gasteiger partial charge in [0.15, 0.2) is 0 Å². The van der Waals surface area contributed by atoms with E-state index in [1.54, 1.807) is 30.3 Å². The van der Waals surface area contributed by atoms with Gasteiger partial charge in [0, 0.05) is 44.4 Å². The lowest BCUT2D eigenvalue weighted by Crippen LogP contribution is -2.41. The second-order valence-electron chi connectivity index (χ2n) is 9.32. The van der Waals surface area contributed by atoms with Gasteiger partial charge in [-0.05, 0) is 64.4 Å². The van der Waals surface area contributed by atoms with Crippen molar-refractivity contribution < 1.29 is 19.1 Å². The Morgan fingerprint density at radius 1 is 1.21 bits per heavy atom. The third-order valence-electron chi connectivity index (χ3n) is 4.88. The van der Waals surface area contributed by atoms with Crippen molar-refractivity contribution in [3.05, 3.63) is 41.6 Å². The van der Waals surface area contributed by atoms with E-state index in [0.29, 0.717) is 23.9 Å². The fraction of sp³-hybridized carbons (Fsp3) is 0.500. The minimum absolute atomic E-state index is 0.138. The number of fused-ring (bicyclic) bond motifs is 1. The summed E-state index contributed by atoms with van der Waals surface area (Å²) in [5, 5.41) is 3.16. The molecule has 0 radical (unpaired) electrons. The number of likely N-dealkylation sites (N-methyl/N-ethyl adjacent to an activating group) is 1. The highest BCUT2D eigenvalue weighted by Crippen LogP contribution is 2.27. The first kappa shape index (κ1) is 24.3. The number of ether oxygens (including phenoxy) is 2. The summed E-state index contributed by atoms with van der Waals surface area (Å²) in [6, 6.07) is 7.27. The van der Waals surface area contributed by atoms with Gasteiger partial charge in [0.1, 0.15) is 17.2 Å². The molecule has 1 aromatic heterocycles. The molecule has 1 N–H and O–H groups in total. The van der Waals surface area contributed by atoms with Crippen molar-refractivity contribution in [2.75, 3.05) is 37.0 Å². The predicted molar refractivity (Wildman–Crippen MR) is 127 cm³/mol. The number of carbonyl (C=O) groups excluding carboxylic acids is 2. The van der Waals surface area contributed by atoms with Gasteiger partial charge >= 0.3 is 6.09 Å². The lowest BCUT2D eigenvalue weighted by molar-refractivity contribution is 0.0302. The Morgan fingerprint density at radius 3 is 2.67 bits per heavy atom. The summed E-state index contributed by atoms with van der Waals surface area (Å²) in [5.41, 5.74) is 0.949. The molecular formula is C24H33N5O4. The zero-order valence-electron chi connectivity index (χ0n) is 20.2. The highest BCUT2D eigenvalue weighted by molar-refractivity contribution is 6.06. The zero-order chi connectivity index (χ0) is 24.2. The van der Waals surface area contributed by atoms with E-state index in [1.807, 2.05) is 46.8 Å². The number of nitrogens with one attached hydrogen (secondary N) is 1. The molecule has 0 atom stereocenters. The standard InChI is InChI=1S/C24H33N5O4/c1-16(2)26-22-25-11-9-20(27-22)29(13-12-28(6)23(31)33-24(3,4)5)21(30)18-7-8-19-17(15-18)10-14-32-19/h7-9,11,15-16H,10,12-14H2,1-6H3,(H,25,26,27). The molecule has 2 amide bonds. The quantitative estimate of drug-likeness (QED) is 0.679. The van der Waals surface area contributed by atoms with E-state index in [0.717, 1.165) is 17.7 Å². The van der Waals surface area contributed by atoms with Crippen LogP contribution < -0.4 is 15.0 Å². The molecule has 9 nitrogen and oxygen atoms in total. The van der Waals surface area contributed by atoms with Crippen LogP contribution in [0, 0.1) is 0 Å². The van der Waals surface area contributed by atoms with Crippen molar-refractivity contribution >= 4 is 23.8 Å². The molecule has 0 saturated heterocycles. The van der Waals surface area contributed by atoms with Gasteiger partial charge in [0.25, 0.3) is 5.91 Å². The van der Waals surface area contributed by atoms with Gasteiger partial charge in [-0.25, -0.2) is 9.78 Å². The number of hydrogen-bond donors (Lipinski definition) is 1. The Bertz CT molecular complexity index is 1000. The van der Waals surface area contributed by atoms with E-state index < -0.39 is 11.7 Å². The number of benzene rings is 1. The number of hydrogen-bond acceptors (Lipinski definition) is 7. The first-order valence-corrected chi connectivity index (χ1v) is 11.1. The summed E-state index contributed by atoms with van der Waals surface area (Å²) in [4.78, 5) is 37.8. The molecule has 1 aromatic carbocycles. The molecule has 0 aliphatic carbocycles. The van der Waals surface area contributed by atoms with Crippen LogP contribution in [0.4, 0.5) is 16.6 Å². The maximum Gasteiger partial charge on any atom is 0.410 e. The molecule has 0 bridgehead atoms. The third-order valence-corrected chi connectivity index (χ3v) is 4.88. The number of rotatable bonds is 7. The Balaban J connectivity index is 1.85. The van der Waals surface area contributed by atoms with Gasteiger partial charge in [-0.3, -0.25) is 9.69 Å². The summed E-state index contributed by atoms with van der Waals surface area (Å²) >= 11 is 0.